The normalized spacial score (nSPS) is 14.9. The van der Waals surface area contributed by atoms with Crippen LogP contribution < -0.4 is 10.5 Å². The number of halogens is 1. The van der Waals surface area contributed by atoms with Crippen LogP contribution in [0.1, 0.15) is 0 Å². The fourth-order valence-corrected chi connectivity index (χ4v) is 5.39. The van der Waals surface area contributed by atoms with Crippen molar-refractivity contribution in [3.63, 3.8) is 0 Å². The smallest absolute Gasteiger partial charge is 0.239 e. The highest BCUT2D eigenvalue weighted by atomic mass is 35.5. The molecule has 1 heterocycles. The van der Waals surface area contributed by atoms with Crippen LogP contribution in [0.3, 0.4) is 0 Å². The summed E-state index contributed by atoms with van der Waals surface area (Å²) in [6, 6.07) is 13.4. The van der Waals surface area contributed by atoms with E-state index in [1.165, 1.54) is 22.9 Å². The third-order valence-corrected chi connectivity index (χ3v) is 6.84. The summed E-state index contributed by atoms with van der Waals surface area (Å²) in [6.45, 7) is 1.52. The Hall–Kier alpha value is -0.900. The van der Waals surface area contributed by atoms with E-state index in [1.807, 2.05) is 18.2 Å². The number of rotatable bonds is 5. The predicted molar refractivity (Wildman–Crippen MR) is 101 cm³/mol. The van der Waals surface area contributed by atoms with E-state index in [0.29, 0.717) is 6.67 Å². The van der Waals surface area contributed by atoms with Gasteiger partial charge in [-0.3, -0.25) is 0 Å². The molecule has 24 heavy (non-hydrogen) atoms. The minimum Gasteiger partial charge on any atom is -0.371 e. The number of nitrogens with one attached hydrogen (secondary N) is 1. The van der Waals surface area contributed by atoms with Gasteiger partial charge in [0.15, 0.2) is 0 Å². The predicted octanol–water partition coefficient (Wildman–Crippen LogP) is 3.47. The SMILES string of the molecule is NS(=O)(=O)c1cc2c(cc1Cl)NCN(CCSc1ccccc1)S2. The summed E-state index contributed by atoms with van der Waals surface area (Å²) in [4.78, 5) is 1.99. The molecule has 0 radical (unpaired) electrons. The highest BCUT2D eigenvalue weighted by Gasteiger charge is 2.22. The maximum absolute atomic E-state index is 11.6. The van der Waals surface area contributed by atoms with Gasteiger partial charge in [-0.25, -0.2) is 17.9 Å². The van der Waals surface area contributed by atoms with Gasteiger partial charge in [-0.15, -0.1) is 11.8 Å². The lowest BCUT2D eigenvalue weighted by Gasteiger charge is -2.29. The molecule has 0 amide bonds. The van der Waals surface area contributed by atoms with E-state index >= 15 is 0 Å². The fraction of sp³-hybridized carbons (Fsp3) is 0.200. The summed E-state index contributed by atoms with van der Waals surface area (Å²) in [5.41, 5.74) is 0.823. The van der Waals surface area contributed by atoms with Crippen LogP contribution in [-0.2, 0) is 10.0 Å². The zero-order valence-corrected chi connectivity index (χ0v) is 15.8. The van der Waals surface area contributed by atoms with Gasteiger partial charge in [0.2, 0.25) is 10.0 Å². The molecule has 0 fully saturated rings. The van der Waals surface area contributed by atoms with E-state index in [-0.39, 0.29) is 9.92 Å². The highest BCUT2D eigenvalue weighted by molar-refractivity contribution is 7.99. The molecule has 0 saturated heterocycles. The Kier molecular flexibility index (Phi) is 5.63. The molecule has 3 rings (SSSR count). The van der Waals surface area contributed by atoms with Crippen LogP contribution in [0.15, 0.2) is 57.2 Å². The van der Waals surface area contributed by atoms with Crippen molar-refractivity contribution in [1.29, 1.82) is 0 Å². The second-order valence-corrected chi connectivity index (χ2v) is 9.36. The molecule has 3 N–H and O–H groups in total. The first-order valence-corrected chi connectivity index (χ1v) is 10.8. The number of fused-ring (bicyclic) bond motifs is 1. The minimum absolute atomic E-state index is 0.0438. The Labute approximate surface area is 155 Å². The first kappa shape index (κ1) is 17.9. The van der Waals surface area contributed by atoms with Gasteiger partial charge in [0, 0.05) is 22.1 Å². The van der Waals surface area contributed by atoms with E-state index in [9.17, 15) is 8.42 Å². The molecule has 0 aromatic heterocycles. The van der Waals surface area contributed by atoms with Crippen LogP contribution in [0.2, 0.25) is 5.02 Å². The lowest BCUT2D eigenvalue weighted by atomic mass is 10.3. The first-order chi connectivity index (χ1) is 11.4. The van der Waals surface area contributed by atoms with Gasteiger partial charge >= 0.3 is 0 Å². The van der Waals surface area contributed by atoms with E-state index < -0.39 is 10.0 Å². The third kappa shape index (κ3) is 4.38. The number of nitrogens with two attached hydrogens (primary N) is 1. The molecule has 2 aromatic rings. The average molecular weight is 402 g/mol. The van der Waals surface area contributed by atoms with Crippen molar-refractivity contribution in [2.24, 2.45) is 5.14 Å². The maximum Gasteiger partial charge on any atom is 0.239 e. The van der Waals surface area contributed by atoms with Gasteiger partial charge in [0.05, 0.1) is 17.4 Å². The Balaban J connectivity index is 1.65. The molecular formula is C15H16ClN3O2S3. The Morgan fingerprint density at radius 3 is 2.75 bits per heavy atom. The molecule has 2 aromatic carbocycles. The fourth-order valence-electron chi connectivity index (χ4n) is 2.22. The van der Waals surface area contributed by atoms with Crippen molar-refractivity contribution in [3.05, 3.63) is 47.5 Å². The average Bonchev–Trinajstić information content (AvgIpc) is 2.54. The van der Waals surface area contributed by atoms with Crippen LogP contribution >= 0.6 is 35.3 Å². The van der Waals surface area contributed by atoms with Gasteiger partial charge in [-0.2, -0.15) is 0 Å². The number of primary sulfonamides is 1. The van der Waals surface area contributed by atoms with Crippen molar-refractivity contribution in [1.82, 2.24) is 4.31 Å². The molecule has 9 heteroatoms. The van der Waals surface area contributed by atoms with Crippen molar-refractivity contribution in [2.45, 2.75) is 14.7 Å². The molecule has 1 aliphatic heterocycles. The lowest BCUT2D eigenvalue weighted by molar-refractivity contribution is 0.528. The Bertz CT molecular complexity index is 831. The molecule has 0 atom stereocenters. The molecular weight excluding hydrogens is 386 g/mol. The standard InChI is InChI=1S/C15H16ClN3O2S3/c16-12-8-13-14(9-15(12)24(17,20)21)23-19(10-18-13)6-7-22-11-4-2-1-3-5-11/h1-5,8-9,18H,6-7,10H2,(H2,17,20,21). The number of benzene rings is 2. The summed E-state index contributed by atoms with van der Waals surface area (Å²) in [6.07, 6.45) is 0. The van der Waals surface area contributed by atoms with Crippen molar-refractivity contribution < 1.29 is 8.42 Å². The van der Waals surface area contributed by atoms with Crippen molar-refractivity contribution >= 4 is 51.0 Å². The zero-order valence-electron chi connectivity index (χ0n) is 12.6. The summed E-state index contributed by atoms with van der Waals surface area (Å²) >= 11 is 9.30. The maximum atomic E-state index is 11.6. The molecule has 0 aliphatic carbocycles. The number of sulfonamides is 1. The molecule has 0 spiro atoms. The van der Waals surface area contributed by atoms with Crippen LogP contribution in [-0.4, -0.2) is 31.7 Å². The molecule has 128 valence electrons. The Morgan fingerprint density at radius 1 is 1.29 bits per heavy atom. The molecule has 0 unspecified atom stereocenters. The van der Waals surface area contributed by atoms with E-state index in [1.54, 1.807) is 17.8 Å². The summed E-state index contributed by atoms with van der Waals surface area (Å²) in [5, 5.41) is 8.60. The summed E-state index contributed by atoms with van der Waals surface area (Å²) < 4.78 is 25.3. The molecule has 0 saturated carbocycles. The van der Waals surface area contributed by atoms with Gasteiger partial charge in [-0.05, 0) is 36.2 Å². The van der Waals surface area contributed by atoms with Gasteiger partial charge in [0.1, 0.15) is 4.90 Å². The number of nitrogens with zero attached hydrogens (tertiary/aromatic N) is 1. The Morgan fingerprint density at radius 2 is 2.04 bits per heavy atom. The van der Waals surface area contributed by atoms with Gasteiger partial charge < -0.3 is 5.32 Å². The van der Waals surface area contributed by atoms with Crippen LogP contribution in [0.4, 0.5) is 5.69 Å². The second-order valence-electron chi connectivity index (χ2n) is 5.12. The molecule has 0 bridgehead atoms. The topological polar surface area (TPSA) is 75.4 Å². The third-order valence-electron chi connectivity index (χ3n) is 3.37. The van der Waals surface area contributed by atoms with Crippen molar-refractivity contribution in [3.8, 4) is 0 Å². The monoisotopic (exact) mass is 401 g/mol. The van der Waals surface area contributed by atoms with Crippen LogP contribution in [0, 0.1) is 0 Å². The van der Waals surface area contributed by atoms with Crippen molar-refractivity contribution in [2.75, 3.05) is 24.3 Å². The minimum atomic E-state index is -3.83. The van der Waals surface area contributed by atoms with Gasteiger partial charge in [0.25, 0.3) is 0 Å². The number of anilines is 1. The molecule has 5 nitrogen and oxygen atoms in total. The van der Waals surface area contributed by atoms with Crippen LogP contribution in [0.5, 0.6) is 0 Å². The summed E-state index contributed by atoms with van der Waals surface area (Å²) in [5.74, 6) is 0.934. The summed E-state index contributed by atoms with van der Waals surface area (Å²) in [7, 11) is -3.83. The molecule has 1 aliphatic rings. The first-order valence-electron chi connectivity index (χ1n) is 7.14. The number of hydrogen-bond acceptors (Lipinski definition) is 6. The second kappa shape index (κ2) is 7.55. The van der Waals surface area contributed by atoms with Gasteiger partial charge in [-0.1, -0.05) is 29.8 Å². The number of thioether (sulfide) groups is 1. The largest absolute Gasteiger partial charge is 0.371 e. The van der Waals surface area contributed by atoms with Crippen LogP contribution in [0.25, 0.3) is 0 Å². The van der Waals surface area contributed by atoms with E-state index in [4.69, 9.17) is 16.7 Å². The number of hydrogen-bond donors (Lipinski definition) is 2. The zero-order chi connectivity index (χ0) is 17.2. The lowest BCUT2D eigenvalue weighted by Crippen LogP contribution is -2.29. The quantitative estimate of drug-likeness (QED) is 0.590. The van der Waals surface area contributed by atoms with E-state index in [0.717, 1.165) is 22.9 Å². The highest BCUT2D eigenvalue weighted by Crippen LogP contribution is 2.38. The van der Waals surface area contributed by atoms with E-state index in [2.05, 4.69) is 21.8 Å².